The molecule has 0 spiro atoms. The lowest BCUT2D eigenvalue weighted by molar-refractivity contribution is 0.0287. The Hall–Kier alpha value is -1.56. The maximum Gasteiger partial charge on any atom is 0.410 e. The molecule has 1 aliphatic rings. The normalized spacial score (nSPS) is 19.5. The van der Waals surface area contributed by atoms with E-state index in [9.17, 15) is 4.79 Å². The smallest absolute Gasteiger partial charge is 0.410 e. The van der Waals surface area contributed by atoms with Crippen molar-refractivity contribution in [1.82, 2.24) is 20.0 Å². The number of nitrogens with one attached hydrogen (secondary N) is 1. The van der Waals surface area contributed by atoms with Gasteiger partial charge in [-0.15, -0.1) is 0 Å². The number of hydrogen-bond acceptors (Lipinski definition) is 4. The molecule has 1 saturated heterocycles. The molecule has 0 bridgehead atoms. The first-order chi connectivity index (χ1) is 11.3. The number of likely N-dealkylation sites (tertiary alicyclic amines) is 1. The topological polar surface area (TPSA) is 59.4 Å². The zero-order valence-electron chi connectivity index (χ0n) is 15.7. The van der Waals surface area contributed by atoms with Gasteiger partial charge in [0.15, 0.2) is 0 Å². The molecule has 1 aromatic rings. The number of ether oxygens (including phenoxy) is 1. The van der Waals surface area contributed by atoms with Crippen LogP contribution in [0, 0.1) is 5.92 Å². The Labute approximate surface area is 145 Å². The fraction of sp³-hybridized carbons (Fsp3) is 0.778. The fourth-order valence-electron chi connectivity index (χ4n) is 2.96. The molecule has 2 unspecified atom stereocenters. The lowest BCUT2D eigenvalue weighted by atomic mass is 10.0. The Morgan fingerprint density at radius 2 is 2.25 bits per heavy atom. The van der Waals surface area contributed by atoms with Gasteiger partial charge in [0, 0.05) is 37.4 Å². The zero-order valence-corrected chi connectivity index (χ0v) is 15.7. The number of rotatable bonds is 6. The quantitative estimate of drug-likeness (QED) is 0.866. The summed E-state index contributed by atoms with van der Waals surface area (Å²) in [6.07, 6.45) is 5.98. The Bertz CT molecular complexity index is 535. The second-order valence-corrected chi connectivity index (χ2v) is 7.67. The molecule has 1 fully saturated rings. The molecule has 1 amide bonds. The van der Waals surface area contributed by atoms with E-state index in [0.29, 0.717) is 12.0 Å². The van der Waals surface area contributed by atoms with Crippen LogP contribution in [0.5, 0.6) is 0 Å². The highest BCUT2D eigenvalue weighted by molar-refractivity contribution is 5.68. The second kappa shape index (κ2) is 8.01. The standard InChI is InChI=1S/C18H32N4O2/c1-6-22-13-16(11-20-22)14(2)19-9-7-15-8-10-21(12-15)17(23)24-18(3,4)5/h11,13-15,19H,6-10,12H2,1-5H3. The summed E-state index contributed by atoms with van der Waals surface area (Å²) < 4.78 is 7.39. The number of carbonyl (C=O) groups is 1. The van der Waals surface area contributed by atoms with Gasteiger partial charge in [-0.25, -0.2) is 4.79 Å². The Balaban J connectivity index is 1.69. The van der Waals surface area contributed by atoms with E-state index in [4.69, 9.17) is 4.74 Å². The molecule has 0 aliphatic carbocycles. The number of amides is 1. The van der Waals surface area contributed by atoms with Crippen LogP contribution in [0.3, 0.4) is 0 Å². The average molecular weight is 336 g/mol. The number of hydrogen-bond donors (Lipinski definition) is 1. The highest BCUT2D eigenvalue weighted by Crippen LogP contribution is 2.22. The van der Waals surface area contributed by atoms with Crippen molar-refractivity contribution in [2.45, 2.75) is 65.6 Å². The zero-order chi connectivity index (χ0) is 17.7. The number of aromatic nitrogens is 2. The Morgan fingerprint density at radius 1 is 1.50 bits per heavy atom. The van der Waals surface area contributed by atoms with Crippen molar-refractivity contribution in [2.75, 3.05) is 19.6 Å². The van der Waals surface area contributed by atoms with Crippen molar-refractivity contribution >= 4 is 6.09 Å². The Kier molecular flexibility index (Phi) is 6.27. The lowest BCUT2D eigenvalue weighted by Crippen LogP contribution is -2.35. The molecule has 0 aromatic carbocycles. The summed E-state index contributed by atoms with van der Waals surface area (Å²) in [6.45, 7) is 13.4. The predicted octanol–water partition coefficient (Wildman–Crippen LogP) is 3.20. The molecule has 2 atom stereocenters. The monoisotopic (exact) mass is 336 g/mol. The van der Waals surface area contributed by atoms with Crippen LogP contribution < -0.4 is 5.32 Å². The predicted molar refractivity (Wildman–Crippen MR) is 94.8 cm³/mol. The molecule has 136 valence electrons. The van der Waals surface area contributed by atoms with Crippen molar-refractivity contribution in [1.29, 1.82) is 0 Å². The van der Waals surface area contributed by atoms with Crippen LogP contribution in [0.4, 0.5) is 4.79 Å². The highest BCUT2D eigenvalue weighted by atomic mass is 16.6. The molecular formula is C18H32N4O2. The van der Waals surface area contributed by atoms with E-state index in [-0.39, 0.29) is 6.09 Å². The molecule has 6 nitrogen and oxygen atoms in total. The van der Waals surface area contributed by atoms with Gasteiger partial charge in [0.05, 0.1) is 6.20 Å². The van der Waals surface area contributed by atoms with E-state index < -0.39 is 5.60 Å². The summed E-state index contributed by atoms with van der Waals surface area (Å²) >= 11 is 0. The van der Waals surface area contributed by atoms with Gasteiger partial charge in [0.25, 0.3) is 0 Å². The van der Waals surface area contributed by atoms with Crippen molar-refractivity contribution in [3.8, 4) is 0 Å². The first-order valence-electron chi connectivity index (χ1n) is 9.02. The summed E-state index contributed by atoms with van der Waals surface area (Å²) in [6, 6.07) is 0.300. The van der Waals surface area contributed by atoms with Crippen LogP contribution in [0.2, 0.25) is 0 Å². The first kappa shape index (κ1) is 18.8. The maximum atomic E-state index is 12.1. The number of carbonyl (C=O) groups excluding carboxylic acids is 1. The van der Waals surface area contributed by atoms with Crippen molar-refractivity contribution in [3.63, 3.8) is 0 Å². The molecule has 0 saturated carbocycles. The lowest BCUT2D eigenvalue weighted by Gasteiger charge is -2.24. The number of nitrogens with zero attached hydrogens (tertiary/aromatic N) is 3. The summed E-state index contributed by atoms with van der Waals surface area (Å²) in [5, 5.41) is 7.88. The van der Waals surface area contributed by atoms with E-state index in [1.807, 2.05) is 36.5 Å². The summed E-state index contributed by atoms with van der Waals surface area (Å²) in [7, 11) is 0. The van der Waals surface area contributed by atoms with Crippen molar-refractivity contribution in [2.24, 2.45) is 5.92 Å². The Morgan fingerprint density at radius 3 is 2.88 bits per heavy atom. The number of aryl methyl sites for hydroxylation is 1. The largest absolute Gasteiger partial charge is 0.444 e. The second-order valence-electron chi connectivity index (χ2n) is 7.67. The average Bonchev–Trinajstić information content (AvgIpc) is 3.14. The van der Waals surface area contributed by atoms with Gasteiger partial charge < -0.3 is 15.0 Å². The van der Waals surface area contributed by atoms with E-state index in [0.717, 1.165) is 39.0 Å². The molecule has 2 heterocycles. The molecule has 0 radical (unpaired) electrons. The van der Waals surface area contributed by atoms with Gasteiger partial charge in [0.1, 0.15) is 5.60 Å². The van der Waals surface area contributed by atoms with Crippen LogP contribution >= 0.6 is 0 Å². The van der Waals surface area contributed by atoms with Crippen molar-refractivity contribution in [3.05, 3.63) is 18.0 Å². The third-order valence-electron chi connectivity index (χ3n) is 4.42. The summed E-state index contributed by atoms with van der Waals surface area (Å²) in [4.78, 5) is 13.9. The van der Waals surface area contributed by atoms with E-state index in [1.165, 1.54) is 5.56 Å². The third-order valence-corrected chi connectivity index (χ3v) is 4.42. The van der Waals surface area contributed by atoms with Gasteiger partial charge in [0.2, 0.25) is 0 Å². The molecule has 1 aliphatic heterocycles. The fourth-order valence-corrected chi connectivity index (χ4v) is 2.96. The first-order valence-corrected chi connectivity index (χ1v) is 9.02. The molecule has 2 rings (SSSR count). The van der Waals surface area contributed by atoms with E-state index >= 15 is 0 Å². The molecule has 1 N–H and O–H groups in total. The molecule has 1 aromatic heterocycles. The maximum absolute atomic E-state index is 12.1. The van der Waals surface area contributed by atoms with Gasteiger partial charge >= 0.3 is 6.09 Å². The van der Waals surface area contributed by atoms with Gasteiger partial charge in [-0.3, -0.25) is 4.68 Å². The van der Waals surface area contributed by atoms with Gasteiger partial charge in [-0.1, -0.05) is 0 Å². The minimum Gasteiger partial charge on any atom is -0.444 e. The molecule has 24 heavy (non-hydrogen) atoms. The summed E-state index contributed by atoms with van der Waals surface area (Å²) in [5.74, 6) is 0.551. The minimum atomic E-state index is -0.422. The van der Waals surface area contributed by atoms with Crippen LogP contribution in [0.25, 0.3) is 0 Å². The van der Waals surface area contributed by atoms with Crippen molar-refractivity contribution < 1.29 is 9.53 Å². The van der Waals surface area contributed by atoms with E-state index in [2.05, 4.69) is 30.5 Å². The van der Waals surface area contributed by atoms with E-state index in [1.54, 1.807) is 0 Å². The molecular weight excluding hydrogens is 304 g/mol. The van der Waals surface area contributed by atoms with Crippen LogP contribution in [0.15, 0.2) is 12.4 Å². The van der Waals surface area contributed by atoms with Crippen LogP contribution in [-0.2, 0) is 11.3 Å². The SMILES string of the molecule is CCn1cc(C(C)NCCC2CCN(C(=O)OC(C)(C)C)C2)cn1. The molecule has 6 heteroatoms. The highest BCUT2D eigenvalue weighted by Gasteiger charge is 2.29. The van der Waals surface area contributed by atoms with Crippen LogP contribution in [0.1, 0.15) is 59.1 Å². The minimum absolute atomic E-state index is 0.182. The third kappa shape index (κ3) is 5.51. The van der Waals surface area contributed by atoms with Gasteiger partial charge in [-0.05, 0) is 59.9 Å². The van der Waals surface area contributed by atoms with Crippen LogP contribution in [-0.4, -0.2) is 46.0 Å². The van der Waals surface area contributed by atoms with Gasteiger partial charge in [-0.2, -0.15) is 5.10 Å². The summed E-state index contributed by atoms with van der Waals surface area (Å²) in [5.41, 5.74) is 0.799.